The summed E-state index contributed by atoms with van der Waals surface area (Å²) in [6, 6.07) is 1.93. The molecule has 2 rings (SSSR count). The normalized spacial score (nSPS) is 12.1. The van der Waals surface area contributed by atoms with Crippen LogP contribution in [0, 0.1) is 0 Å². The van der Waals surface area contributed by atoms with E-state index < -0.39 is 29.5 Å². The van der Waals surface area contributed by atoms with Crippen molar-refractivity contribution in [1.29, 1.82) is 0 Å². The van der Waals surface area contributed by atoms with Crippen molar-refractivity contribution in [2.24, 2.45) is 0 Å². The second-order valence-electron chi connectivity index (χ2n) is 7.39. The molecular weight excluding hydrogens is 489 g/mol. The monoisotopic (exact) mass is 510 g/mol. The number of hydrogen-bond donors (Lipinski definition) is 0. The van der Waals surface area contributed by atoms with Crippen LogP contribution >= 0.6 is 27.3 Å². The van der Waals surface area contributed by atoms with E-state index in [1.165, 1.54) is 0 Å². The van der Waals surface area contributed by atoms with E-state index >= 15 is 0 Å². The Morgan fingerprint density at radius 1 is 1.20 bits per heavy atom. The molecule has 0 saturated carbocycles. The number of ether oxygens (including phenoxy) is 2. The van der Waals surface area contributed by atoms with Crippen molar-refractivity contribution in [1.82, 2.24) is 4.98 Å². The Morgan fingerprint density at radius 2 is 1.87 bits per heavy atom. The first-order valence-corrected chi connectivity index (χ1v) is 11.1. The van der Waals surface area contributed by atoms with Gasteiger partial charge in [0.15, 0.2) is 0 Å². The molecule has 0 bridgehead atoms. The van der Waals surface area contributed by atoms with Crippen molar-refractivity contribution in [2.75, 3.05) is 11.5 Å². The van der Waals surface area contributed by atoms with E-state index in [4.69, 9.17) is 9.47 Å². The number of unbranched alkanes of at least 4 members (excludes halogenated alkanes) is 1. The van der Waals surface area contributed by atoms with Crippen molar-refractivity contribution < 1.29 is 32.2 Å². The van der Waals surface area contributed by atoms with Crippen LogP contribution in [0.25, 0.3) is 10.2 Å². The van der Waals surface area contributed by atoms with E-state index in [-0.39, 0.29) is 32.8 Å². The number of halogens is 4. The Bertz CT molecular complexity index is 925. The molecule has 1 heterocycles. The predicted octanol–water partition coefficient (Wildman–Crippen LogP) is 6.89. The molecule has 0 unspecified atom stereocenters. The molecule has 1 aromatic heterocycles. The number of aromatic nitrogens is 1. The summed E-state index contributed by atoms with van der Waals surface area (Å²) in [5.74, 6) is 0. The van der Waals surface area contributed by atoms with Crippen LogP contribution in [0.5, 0.6) is 0 Å². The average Bonchev–Trinajstić information content (AvgIpc) is 3.02. The number of nitrogens with zero attached hydrogens (tertiary/aromatic N) is 2. The van der Waals surface area contributed by atoms with Gasteiger partial charge in [-0.05, 0) is 44.9 Å². The molecule has 6 nitrogen and oxygen atoms in total. The third-order valence-electron chi connectivity index (χ3n) is 3.71. The largest absolute Gasteiger partial charge is 0.449 e. The van der Waals surface area contributed by atoms with Crippen LogP contribution in [0.2, 0.25) is 0 Å². The van der Waals surface area contributed by atoms with E-state index in [0.717, 1.165) is 29.9 Å². The molecule has 30 heavy (non-hydrogen) atoms. The van der Waals surface area contributed by atoms with Gasteiger partial charge in [-0.15, -0.1) is 0 Å². The number of fused-ring (bicyclic) bond motifs is 1. The lowest BCUT2D eigenvalue weighted by Crippen LogP contribution is -2.41. The Hall–Kier alpha value is -1.88. The number of carbonyl (C=O) groups excluding carboxylic acids is 2. The molecule has 0 aliphatic heterocycles. The molecule has 0 aliphatic carbocycles. The van der Waals surface area contributed by atoms with Gasteiger partial charge in [-0.3, -0.25) is 0 Å². The Morgan fingerprint density at radius 3 is 2.40 bits per heavy atom. The Labute approximate surface area is 184 Å². The van der Waals surface area contributed by atoms with Gasteiger partial charge in [0.2, 0.25) is 5.13 Å². The van der Waals surface area contributed by atoms with Crippen molar-refractivity contribution in [3.8, 4) is 0 Å². The molecule has 11 heteroatoms. The van der Waals surface area contributed by atoms with Crippen LogP contribution < -0.4 is 4.90 Å². The van der Waals surface area contributed by atoms with Gasteiger partial charge in [-0.1, -0.05) is 40.6 Å². The molecule has 2 aromatic rings. The van der Waals surface area contributed by atoms with Gasteiger partial charge in [0.25, 0.3) is 0 Å². The van der Waals surface area contributed by atoms with Crippen molar-refractivity contribution in [3.05, 3.63) is 23.3 Å². The molecule has 0 spiro atoms. The van der Waals surface area contributed by atoms with E-state index in [1.807, 2.05) is 6.92 Å². The van der Waals surface area contributed by atoms with Crippen LogP contribution in [0.15, 0.2) is 12.1 Å². The SMILES string of the molecule is CCCCOC(=O)N(C(=O)OC(C)(C)C)c1nc2c(CBr)cc(C(F)(F)F)cc2s1. The molecule has 1 aromatic carbocycles. The Balaban J connectivity index is 2.53. The molecule has 0 radical (unpaired) electrons. The van der Waals surface area contributed by atoms with Gasteiger partial charge in [0.05, 0.1) is 22.4 Å². The molecule has 0 fully saturated rings. The van der Waals surface area contributed by atoms with E-state index in [1.54, 1.807) is 20.8 Å². The number of hydrogen-bond acceptors (Lipinski definition) is 6. The van der Waals surface area contributed by atoms with Crippen LogP contribution in [0.1, 0.15) is 51.7 Å². The minimum Gasteiger partial charge on any atom is -0.449 e. The van der Waals surface area contributed by atoms with E-state index in [9.17, 15) is 22.8 Å². The highest BCUT2D eigenvalue weighted by Gasteiger charge is 2.35. The topological polar surface area (TPSA) is 68.7 Å². The number of benzene rings is 1. The molecule has 166 valence electrons. The summed E-state index contributed by atoms with van der Waals surface area (Å²) in [4.78, 5) is 30.1. The first-order valence-electron chi connectivity index (χ1n) is 9.14. The molecule has 0 atom stereocenters. The fourth-order valence-corrected chi connectivity index (χ4v) is 3.82. The summed E-state index contributed by atoms with van der Waals surface area (Å²) in [7, 11) is 0. The minimum atomic E-state index is -4.54. The fourth-order valence-electron chi connectivity index (χ4n) is 2.35. The van der Waals surface area contributed by atoms with E-state index in [2.05, 4.69) is 20.9 Å². The molecule has 2 amide bonds. The van der Waals surface area contributed by atoms with Crippen molar-refractivity contribution in [3.63, 3.8) is 0 Å². The number of carbonyl (C=O) groups is 2. The smallest absolute Gasteiger partial charge is 0.426 e. The zero-order chi connectivity index (χ0) is 22.7. The maximum absolute atomic E-state index is 13.2. The number of imide groups is 1. The van der Waals surface area contributed by atoms with Gasteiger partial charge >= 0.3 is 18.4 Å². The molecule has 0 aliphatic rings. The first kappa shape index (κ1) is 24.4. The van der Waals surface area contributed by atoms with Crippen molar-refractivity contribution in [2.45, 2.75) is 57.6 Å². The highest BCUT2D eigenvalue weighted by Crippen LogP contribution is 2.38. The van der Waals surface area contributed by atoms with Crippen molar-refractivity contribution >= 4 is 54.8 Å². The zero-order valence-electron chi connectivity index (χ0n) is 16.9. The minimum absolute atomic E-state index is 0.0877. The third kappa shape index (κ3) is 6.07. The lowest BCUT2D eigenvalue weighted by Gasteiger charge is -2.24. The second kappa shape index (κ2) is 9.51. The maximum Gasteiger partial charge on any atom is 0.426 e. The zero-order valence-corrected chi connectivity index (χ0v) is 19.3. The van der Waals surface area contributed by atoms with Gasteiger partial charge in [-0.25, -0.2) is 14.6 Å². The summed E-state index contributed by atoms with van der Waals surface area (Å²) < 4.78 is 50.3. The molecular formula is C19H22BrF3N2O4S. The quantitative estimate of drug-likeness (QED) is 0.323. The lowest BCUT2D eigenvalue weighted by molar-refractivity contribution is -0.137. The number of alkyl halides is 4. The summed E-state index contributed by atoms with van der Waals surface area (Å²) >= 11 is 3.95. The number of amides is 2. The summed E-state index contributed by atoms with van der Waals surface area (Å²) in [5, 5.41) is -0.00784. The highest BCUT2D eigenvalue weighted by molar-refractivity contribution is 9.08. The summed E-state index contributed by atoms with van der Waals surface area (Å²) in [6.07, 6.45) is -5.18. The predicted molar refractivity (Wildman–Crippen MR) is 112 cm³/mol. The summed E-state index contributed by atoms with van der Waals surface area (Å²) in [5.41, 5.74) is -1.20. The molecule has 0 saturated heterocycles. The Kier molecular flexibility index (Phi) is 7.73. The van der Waals surface area contributed by atoms with Crippen LogP contribution in [0.4, 0.5) is 27.9 Å². The second-order valence-corrected chi connectivity index (χ2v) is 8.96. The third-order valence-corrected chi connectivity index (χ3v) is 5.30. The average molecular weight is 511 g/mol. The first-order chi connectivity index (χ1) is 13.9. The maximum atomic E-state index is 13.2. The van der Waals surface area contributed by atoms with Gasteiger partial charge in [0.1, 0.15) is 5.60 Å². The van der Waals surface area contributed by atoms with E-state index in [0.29, 0.717) is 11.3 Å². The van der Waals surface area contributed by atoms with Crippen LogP contribution in [0.3, 0.4) is 0 Å². The van der Waals surface area contributed by atoms with Gasteiger partial charge < -0.3 is 9.47 Å². The van der Waals surface area contributed by atoms with Gasteiger partial charge in [-0.2, -0.15) is 18.1 Å². The number of rotatable bonds is 5. The number of anilines is 1. The number of thiazole rings is 1. The summed E-state index contributed by atoms with van der Waals surface area (Å²) in [6.45, 7) is 6.88. The fraction of sp³-hybridized carbons (Fsp3) is 0.526. The standard InChI is InChI=1S/C19H22BrF3N2O4S/c1-5-6-7-28-16(26)25(17(27)29-18(2,3)4)15-24-14-11(10-20)8-12(19(21,22)23)9-13(14)30-15/h8-9H,5-7,10H2,1-4H3. The molecule has 0 N–H and O–H groups in total. The lowest BCUT2D eigenvalue weighted by atomic mass is 10.1. The highest BCUT2D eigenvalue weighted by atomic mass is 79.9. The van der Waals surface area contributed by atoms with Gasteiger partial charge in [0, 0.05) is 5.33 Å². The van der Waals surface area contributed by atoms with Crippen LogP contribution in [-0.2, 0) is 21.0 Å². The van der Waals surface area contributed by atoms with Crippen LogP contribution in [-0.4, -0.2) is 29.4 Å².